The number of hydrogen-bond acceptors (Lipinski definition) is 2. The average Bonchev–Trinajstić information content (AvgIpc) is 2.34. The number of benzene rings is 1. The molecule has 1 rings (SSSR count). The largest absolute Gasteiger partial charge is 0.388 e. The summed E-state index contributed by atoms with van der Waals surface area (Å²) in [4.78, 5) is 0. The Morgan fingerprint density at radius 3 is 1.00 bits per heavy atom. The smallest absolute Gasteiger partial charge is 0.0339 e. The molecule has 0 saturated heterocycles. The molecule has 0 amide bonds. The van der Waals surface area contributed by atoms with Gasteiger partial charge in [-0.2, -0.15) is 0 Å². The normalized spacial score (nSPS) is 7.29. The molecule has 2 nitrogen and oxygen atoms in total. The van der Waals surface area contributed by atoms with Gasteiger partial charge in [-0.1, -0.05) is 27.7 Å². The van der Waals surface area contributed by atoms with E-state index in [-0.39, 0.29) is 0 Å². The molecule has 1 aromatic carbocycles. The Hall–Kier alpha value is -1.18. The Morgan fingerprint density at radius 2 is 0.857 bits per heavy atom. The van der Waals surface area contributed by atoms with Crippen molar-refractivity contribution < 1.29 is 0 Å². The van der Waals surface area contributed by atoms with E-state index in [1.54, 1.807) is 0 Å². The van der Waals surface area contributed by atoms with Gasteiger partial charge in [0.25, 0.3) is 0 Å². The van der Waals surface area contributed by atoms with Crippen molar-refractivity contribution >= 4 is 11.4 Å². The van der Waals surface area contributed by atoms with Crippen LogP contribution in [0.5, 0.6) is 0 Å². The van der Waals surface area contributed by atoms with E-state index in [0.717, 1.165) is 11.4 Å². The van der Waals surface area contributed by atoms with Crippen molar-refractivity contribution in [3.8, 4) is 0 Å². The molecule has 0 aromatic heterocycles. The first-order valence-corrected chi connectivity index (χ1v) is 5.32. The Labute approximate surface area is 88.7 Å². The molecule has 0 aliphatic heterocycles. The minimum Gasteiger partial charge on any atom is -0.388 e. The van der Waals surface area contributed by atoms with E-state index >= 15 is 0 Å². The first-order chi connectivity index (χ1) is 6.86. The van der Waals surface area contributed by atoms with E-state index in [9.17, 15) is 0 Å². The molecule has 0 atom stereocenters. The van der Waals surface area contributed by atoms with Gasteiger partial charge < -0.3 is 10.6 Å². The van der Waals surface area contributed by atoms with E-state index in [1.165, 1.54) is 0 Å². The number of hydrogen-bond donors (Lipinski definition) is 2. The molecular weight excluding hydrogens is 172 g/mol. The van der Waals surface area contributed by atoms with Crippen LogP contribution >= 0.6 is 0 Å². The molecule has 2 N–H and O–H groups in total. The molecule has 0 radical (unpaired) electrons. The number of rotatable bonds is 2. The third-order valence-electron chi connectivity index (χ3n) is 1.46. The van der Waals surface area contributed by atoms with Crippen LogP contribution in [0.3, 0.4) is 0 Å². The molecule has 0 saturated carbocycles. The molecule has 14 heavy (non-hydrogen) atoms. The van der Waals surface area contributed by atoms with Crippen LogP contribution in [0, 0.1) is 0 Å². The minimum absolute atomic E-state index is 1.14. The molecule has 0 fully saturated rings. The highest BCUT2D eigenvalue weighted by Crippen LogP contribution is 2.11. The zero-order valence-electron chi connectivity index (χ0n) is 10.3. The Morgan fingerprint density at radius 1 is 0.643 bits per heavy atom. The fourth-order valence-electron chi connectivity index (χ4n) is 0.804. The van der Waals surface area contributed by atoms with Crippen molar-refractivity contribution in [3.63, 3.8) is 0 Å². The Kier molecular flexibility index (Phi) is 12.9. The van der Waals surface area contributed by atoms with Gasteiger partial charge >= 0.3 is 0 Å². The summed E-state index contributed by atoms with van der Waals surface area (Å²) in [5, 5.41) is 6.10. The van der Waals surface area contributed by atoms with Crippen molar-refractivity contribution in [2.75, 3.05) is 24.7 Å². The lowest BCUT2D eigenvalue weighted by atomic mass is 10.3. The maximum absolute atomic E-state index is 3.05. The van der Waals surface area contributed by atoms with Crippen LogP contribution in [0.4, 0.5) is 11.4 Å². The first-order valence-electron chi connectivity index (χ1n) is 5.32. The fourth-order valence-corrected chi connectivity index (χ4v) is 0.804. The Balaban J connectivity index is 0. The number of nitrogens with one attached hydrogen (secondary N) is 2. The quantitative estimate of drug-likeness (QED) is 0.751. The van der Waals surface area contributed by atoms with Crippen molar-refractivity contribution in [1.29, 1.82) is 0 Å². The van der Waals surface area contributed by atoms with Crippen LogP contribution in [-0.4, -0.2) is 14.1 Å². The van der Waals surface area contributed by atoms with Gasteiger partial charge in [0.1, 0.15) is 0 Å². The molecule has 0 heterocycles. The standard InChI is InChI=1S/C8H12N2.2C2H6/c1-9-7-3-5-8(10-2)6-4-7;2*1-2/h3-6,9-10H,1-2H3;2*1-2H3. The van der Waals surface area contributed by atoms with Crippen LogP contribution in [0.25, 0.3) is 0 Å². The highest BCUT2D eigenvalue weighted by Gasteiger charge is 1.86. The maximum atomic E-state index is 3.05. The SMILES string of the molecule is CC.CC.CNc1ccc(NC)cc1. The zero-order valence-corrected chi connectivity index (χ0v) is 10.3. The molecule has 2 heteroatoms. The van der Waals surface area contributed by atoms with Crippen molar-refractivity contribution in [1.82, 2.24) is 0 Å². The van der Waals surface area contributed by atoms with Crippen LogP contribution in [-0.2, 0) is 0 Å². The van der Waals surface area contributed by atoms with Crippen LogP contribution < -0.4 is 10.6 Å². The molecule has 82 valence electrons. The number of anilines is 2. The van der Waals surface area contributed by atoms with E-state index in [4.69, 9.17) is 0 Å². The first kappa shape index (κ1) is 15.3. The predicted molar refractivity (Wildman–Crippen MR) is 68.2 cm³/mol. The lowest BCUT2D eigenvalue weighted by molar-refractivity contribution is 1.47. The Bertz CT molecular complexity index is 169. The summed E-state index contributed by atoms with van der Waals surface area (Å²) in [6.07, 6.45) is 0. The maximum Gasteiger partial charge on any atom is 0.0339 e. The molecule has 0 spiro atoms. The van der Waals surface area contributed by atoms with E-state index < -0.39 is 0 Å². The third kappa shape index (κ3) is 6.35. The summed E-state index contributed by atoms with van der Waals surface area (Å²) in [5.41, 5.74) is 2.28. The zero-order chi connectivity index (χ0) is 11.4. The van der Waals surface area contributed by atoms with E-state index in [2.05, 4.69) is 10.6 Å². The van der Waals surface area contributed by atoms with Gasteiger partial charge in [0.15, 0.2) is 0 Å². The van der Waals surface area contributed by atoms with Crippen molar-refractivity contribution in [3.05, 3.63) is 24.3 Å². The van der Waals surface area contributed by atoms with Gasteiger partial charge in [-0.3, -0.25) is 0 Å². The minimum atomic E-state index is 1.14. The summed E-state index contributed by atoms with van der Waals surface area (Å²) in [5.74, 6) is 0. The van der Waals surface area contributed by atoms with Gasteiger partial charge in [-0.05, 0) is 24.3 Å². The van der Waals surface area contributed by atoms with Crippen LogP contribution in [0.1, 0.15) is 27.7 Å². The lowest BCUT2D eigenvalue weighted by Gasteiger charge is -2.01. The monoisotopic (exact) mass is 196 g/mol. The van der Waals surface area contributed by atoms with Gasteiger partial charge in [0.05, 0.1) is 0 Å². The highest BCUT2D eigenvalue weighted by molar-refractivity contribution is 5.52. The second-order valence-electron chi connectivity index (χ2n) is 2.08. The topological polar surface area (TPSA) is 24.1 Å². The third-order valence-corrected chi connectivity index (χ3v) is 1.46. The molecule has 0 aliphatic rings. The second-order valence-corrected chi connectivity index (χ2v) is 2.08. The molecule has 0 aliphatic carbocycles. The van der Waals surface area contributed by atoms with Gasteiger partial charge in [0.2, 0.25) is 0 Å². The lowest BCUT2D eigenvalue weighted by Crippen LogP contribution is -1.89. The summed E-state index contributed by atoms with van der Waals surface area (Å²) >= 11 is 0. The average molecular weight is 196 g/mol. The van der Waals surface area contributed by atoms with Crippen molar-refractivity contribution in [2.24, 2.45) is 0 Å². The summed E-state index contributed by atoms with van der Waals surface area (Å²) in [7, 11) is 3.82. The summed E-state index contributed by atoms with van der Waals surface area (Å²) < 4.78 is 0. The highest BCUT2D eigenvalue weighted by atomic mass is 14.8. The van der Waals surface area contributed by atoms with Gasteiger partial charge in [-0.25, -0.2) is 0 Å². The van der Waals surface area contributed by atoms with Crippen LogP contribution in [0.2, 0.25) is 0 Å². The summed E-state index contributed by atoms with van der Waals surface area (Å²) in [6, 6.07) is 8.13. The fraction of sp³-hybridized carbons (Fsp3) is 0.500. The van der Waals surface area contributed by atoms with E-state index in [0.29, 0.717) is 0 Å². The van der Waals surface area contributed by atoms with Crippen molar-refractivity contribution in [2.45, 2.75) is 27.7 Å². The predicted octanol–water partition coefficient (Wildman–Crippen LogP) is 3.82. The molecule has 1 aromatic rings. The molecule has 0 unspecified atom stereocenters. The van der Waals surface area contributed by atoms with E-state index in [1.807, 2.05) is 66.1 Å². The van der Waals surface area contributed by atoms with Gasteiger partial charge in [-0.15, -0.1) is 0 Å². The molecular formula is C12H24N2. The molecule has 0 bridgehead atoms. The second kappa shape index (κ2) is 11.8. The van der Waals surface area contributed by atoms with Gasteiger partial charge in [0, 0.05) is 25.5 Å². The van der Waals surface area contributed by atoms with Crippen LogP contribution in [0.15, 0.2) is 24.3 Å². The summed E-state index contributed by atoms with van der Waals surface area (Å²) in [6.45, 7) is 8.00.